The quantitative estimate of drug-likeness (QED) is 0.492. The molecule has 31 heavy (non-hydrogen) atoms. The lowest BCUT2D eigenvalue weighted by Crippen LogP contribution is -2.17. The van der Waals surface area contributed by atoms with Gasteiger partial charge in [-0.2, -0.15) is 5.26 Å². The van der Waals surface area contributed by atoms with Crippen LogP contribution in [0.15, 0.2) is 47.5 Å². The van der Waals surface area contributed by atoms with E-state index < -0.39 is 5.91 Å². The Hall–Kier alpha value is -3.98. The van der Waals surface area contributed by atoms with Crippen molar-refractivity contribution in [2.75, 3.05) is 14.2 Å². The largest absolute Gasteiger partial charge is 0.493 e. The predicted octanol–water partition coefficient (Wildman–Crippen LogP) is 4.29. The van der Waals surface area contributed by atoms with Gasteiger partial charge in [-0.25, -0.2) is 0 Å². The van der Waals surface area contributed by atoms with Crippen molar-refractivity contribution in [3.8, 4) is 17.6 Å². The van der Waals surface area contributed by atoms with Gasteiger partial charge in [0.2, 0.25) is 0 Å². The van der Waals surface area contributed by atoms with Gasteiger partial charge < -0.3 is 20.2 Å². The van der Waals surface area contributed by atoms with Gasteiger partial charge in [0.15, 0.2) is 11.5 Å². The molecule has 6 heteroatoms. The normalized spacial score (nSPS) is 16.0. The zero-order valence-electron chi connectivity index (χ0n) is 17.7. The third-order valence-corrected chi connectivity index (χ3v) is 5.72. The molecule has 1 heterocycles. The Balaban J connectivity index is 1.96. The number of carbonyl (C=O) groups excluding carboxylic acids is 1. The number of aromatic amines is 1. The lowest BCUT2D eigenvalue weighted by Gasteiger charge is -2.20. The standard InChI is InChI=1S/C25H23N3O3/c1-14-5-4-6-17-18-9-8-16(11-15-7-10-20(30-2)21(12-15)31-3)22(19(13-26)25(27)29)24(18)28-23(14)17/h4-7,10-12,28H,8-9H2,1-3H3,(H2,27,29)/b16-11+,22-19-. The summed E-state index contributed by atoms with van der Waals surface area (Å²) in [6.07, 6.45) is 3.44. The summed E-state index contributed by atoms with van der Waals surface area (Å²) >= 11 is 0. The van der Waals surface area contributed by atoms with E-state index >= 15 is 0 Å². The van der Waals surface area contributed by atoms with Crippen molar-refractivity contribution in [1.82, 2.24) is 4.98 Å². The second-order valence-corrected chi connectivity index (χ2v) is 7.49. The van der Waals surface area contributed by atoms with E-state index in [1.165, 1.54) is 0 Å². The number of nitriles is 1. The molecule has 0 atom stereocenters. The van der Waals surface area contributed by atoms with E-state index in [0.717, 1.165) is 45.3 Å². The highest BCUT2D eigenvalue weighted by Crippen LogP contribution is 2.42. The van der Waals surface area contributed by atoms with Gasteiger partial charge in [-0.15, -0.1) is 0 Å². The fourth-order valence-corrected chi connectivity index (χ4v) is 4.25. The maximum Gasteiger partial charge on any atom is 0.260 e. The van der Waals surface area contributed by atoms with Crippen molar-refractivity contribution in [2.45, 2.75) is 19.8 Å². The number of carbonyl (C=O) groups is 1. The molecule has 0 aliphatic heterocycles. The lowest BCUT2D eigenvalue weighted by molar-refractivity contribution is -0.114. The number of methoxy groups -OCH3 is 2. The molecule has 156 valence electrons. The van der Waals surface area contributed by atoms with Crippen LogP contribution >= 0.6 is 0 Å². The number of rotatable bonds is 4. The molecule has 0 unspecified atom stereocenters. The van der Waals surface area contributed by atoms with Gasteiger partial charge in [0, 0.05) is 16.5 Å². The maximum absolute atomic E-state index is 12.2. The molecule has 0 saturated carbocycles. The Labute approximate surface area is 180 Å². The first-order chi connectivity index (χ1) is 15.0. The van der Waals surface area contributed by atoms with Crippen LogP contribution in [0.1, 0.15) is 28.8 Å². The summed E-state index contributed by atoms with van der Waals surface area (Å²) in [5.74, 6) is 0.502. The molecule has 3 aromatic rings. The van der Waals surface area contributed by atoms with Gasteiger partial charge in [0.25, 0.3) is 5.91 Å². The molecule has 0 fully saturated rings. The van der Waals surface area contributed by atoms with E-state index in [4.69, 9.17) is 15.2 Å². The minimum atomic E-state index is -0.737. The highest BCUT2D eigenvalue weighted by Gasteiger charge is 2.28. The van der Waals surface area contributed by atoms with E-state index in [0.29, 0.717) is 23.5 Å². The number of H-pyrrole nitrogens is 1. The van der Waals surface area contributed by atoms with Gasteiger partial charge in [-0.05, 0) is 54.2 Å². The smallest absolute Gasteiger partial charge is 0.260 e. The summed E-state index contributed by atoms with van der Waals surface area (Å²) in [5.41, 5.74) is 11.9. The Kier molecular flexibility index (Phi) is 5.26. The van der Waals surface area contributed by atoms with Crippen molar-refractivity contribution in [3.63, 3.8) is 0 Å². The molecular weight excluding hydrogens is 390 g/mol. The number of aryl methyl sites for hydroxylation is 2. The number of ether oxygens (including phenoxy) is 2. The maximum atomic E-state index is 12.2. The topological polar surface area (TPSA) is 101 Å². The number of primary amides is 1. The summed E-state index contributed by atoms with van der Waals surface area (Å²) in [6.45, 7) is 2.04. The van der Waals surface area contributed by atoms with Crippen LogP contribution in [-0.2, 0) is 11.2 Å². The SMILES string of the molecule is COc1ccc(/C=C2\CCc3c([nH]c4c(C)cccc34)\C2=C(\C#N)C(N)=O)cc1OC. The number of para-hydroxylation sites is 1. The number of aromatic nitrogens is 1. The number of allylic oxidation sites excluding steroid dienone is 2. The molecule has 0 saturated heterocycles. The van der Waals surface area contributed by atoms with Crippen molar-refractivity contribution in [2.24, 2.45) is 5.73 Å². The summed E-state index contributed by atoms with van der Waals surface area (Å²) in [7, 11) is 3.17. The van der Waals surface area contributed by atoms with Crippen LogP contribution in [0.4, 0.5) is 0 Å². The van der Waals surface area contributed by atoms with E-state index in [-0.39, 0.29) is 5.57 Å². The molecule has 3 N–H and O–H groups in total. The van der Waals surface area contributed by atoms with Gasteiger partial charge in [-0.3, -0.25) is 4.79 Å². The summed E-state index contributed by atoms with van der Waals surface area (Å²) in [5, 5.41) is 10.9. The second-order valence-electron chi connectivity index (χ2n) is 7.49. The van der Waals surface area contributed by atoms with Crippen LogP contribution in [0.25, 0.3) is 22.6 Å². The first kappa shape index (κ1) is 20.3. The highest BCUT2D eigenvalue weighted by molar-refractivity contribution is 6.10. The summed E-state index contributed by atoms with van der Waals surface area (Å²) in [4.78, 5) is 15.6. The third kappa shape index (κ3) is 3.44. The molecule has 1 aliphatic rings. The van der Waals surface area contributed by atoms with E-state index in [9.17, 15) is 10.1 Å². The first-order valence-electron chi connectivity index (χ1n) is 9.96. The Bertz CT molecular complexity index is 1310. The first-order valence-corrected chi connectivity index (χ1v) is 9.96. The average Bonchev–Trinajstić information content (AvgIpc) is 3.15. The molecule has 1 aliphatic carbocycles. The number of nitrogens with two attached hydrogens (primary N) is 1. The number of benzene rings is 2. The molecule has 1 amide bonds. The number of hydrogen-bond donors (Lipinski definition) is 2. The number of nitrogens with one attached hydrogen (secondary N) is 1. The predicted molar refractivity (Wildman–Crippen MR) is 121 cm³/mol. The molecule has 1 aromatic heterocycles. The molecule has 0 radical (unpaired) electrons. The summed E-state index contributed by atoms with van der Waals surface area (Å²) in [6, 6.07) is 13.7. The van der Waals surface area contributed by atoms with E-state index in [1.54, 1.807) is 14.2 Å². The van der Waals surface area contributed by atoms with Crippen LogP contribution in [-0.4, -0.2) is 25.1 Å². The summed E-state index contributed by atoms with van der Waals surface area (Å²) < 4.78 is 10.7. The van der Waals surface area contributed by atoms with Crippen molar-refractivity contribution >= 4 is 28.5 Å². The fourth-order valence-electron chi connectivity index (χ4n) is 4.25. The average molecular weight is 413 g/mol. The van der Waals surface area contributed by atoms with E-state index in [2.05, 4.69) is 11.1 Å². The van der Waals surface area contributed by atoms with E-state index in [1.807, 2.05) is 49.4 Å². The minimum absolute atomic E-state index is 0.0446. The fraction of sp³-hybridized carbons (Fsp3) is 0.200. The zero-order valence-corrected chi connectivity index (χ0v) is 17.7. The molecule has 0 spiro atoms. The van der Waals surface area contributed by atoms with Gasteiger partial charge >= 0.3 is 0 Å². The van der Waals surface area contributed by atoms with Crippen LogP contribution in [0, 0.1) is 18.3 Å². The van der Waals surface area contributed by atoms with Gasteiger partial charge in [0.05, 0.1) is 19.9 Å². The van der Waals surface area contributed by atoms with Gasteiger partial charge in [0.1, 0.15) is 11.6 Å². The molecular formula is C25H23N3O3. The van der Waals surface area contributed by atoms with Crippen LogP contribution in [0.2, 0.25) is 0 Å². The number of hydrogen-bond acceptors (Lipinski definition) is 4. The van der Waals surface area contributed by atoms with Crippen molar-refractivity contribution < 1.29 is 14.3 Å². The molecule has 6 nitrogen and oxygen atoms in total. The highest BCUT2D eigenvalue weighted by atomic mass is 16.5. The Morgan fingerprint density at radius 1 is 1.16 bits per heavy atom. The lowest BCUT2D eigenvalue weighted by atomic mass is 9.83. The molecule has 4 rings (SSSR count). The number of nitrogens with zero attached hydrogens (tertiary/aromatic N) is 1. The van der Waals surface area contributed by atoms with Crippen molar-refractivity contribution in [3.05, 3.63) is 69.9 Å². The third-order valence-electron chi connectivity index (χ3n) is 5.72. The van der Waals surface area contributed by atoms with Crippen LogP contribution in [0.5, 0.6) is 11.5 Å². The van der Waals surface area contributed by atoms with Crippen LogP contribution in [0.3, 0.4) is 0 Å². The molecule has 0 bridgehead atoms. The zero-order chi connectivity index (χ0) is 22.1. The molecule has 2 aromatic carbocycles. The van der Waals surface area contributed by atoms with Gasteiger partial charge in [-0.1, -0.05) is 30.3 Å². The Morgan fingerprint density at radius 2 is 1.94 bits per heavy atom. The minimum Gasteiger partial charge on any atom is -0.493 e. The number of amides is 1. The number of fused-ring (bicyclic) bond motifs is 3. The van der Waals surface area contributed by atoms with Crippen molar-refractivity contribution in [1.29, 1.82) is 5.26 Å². The van der Waals surface area contributed by atoms with Crippen LogP contribution < -0.4 is 15.2 Å². The second kappa shape index (κ2) is 8.04. The monoisotopic (exact) mass is 413 g/mol. The Morgan fingerprint density at radius 3 is 2.61 bits per heavy atom.